The molecule has 1 aromatic carbocycles. The van der Waals surface area contributed by atoms with Crippen LogP contribution in [0.1, 0.15) is 5.56 Å². The van der Waals surface area contributed by atoms with Crippen molar-refractivity contribution in [3.05, 3.63) is 41.9 Å². The fraction of sp³-hybridized carbons (Fsp3) is 0. The lowest BCUT2D eigenvalue weighted by Gasteiger charge is -1.93. The number of aliphatic carboxylic acids is 1. The molecule has 0 amide bonds. The van der Waals surface area contributed by atoms with Gasteiger partial charge in [-0.1, -0.05) is 6.07 Å². The number of carbonyl (C=O) groups is 1. The summed E-state index contributed by atoms with van der Waals surface area (Å²) in [5, 5.41) is 8.87. The summed E-state index contributed by atoms with van der Waals surface area (Å²) in [5.74, 6) is -1.42. The maximum atomic E-state index is 13.4. The predicted octanol–water partition coefficient (Wildman–Crippen LogP) is 2.40. The fourth-order valence-corrected chi connectivity index (χ4v) is 1.46. The van der Waals surface area contributed by atoms with Crippen LogP contribution >= 0.6 is 0 Å². The Morgan fingerprint density at radius 1 is 1.47 bits per heavy atom. The van der Waals surface area contributed by atoms with E-state index in [2.05, 4.69) is 4.98 Å². The van der Waals surface area contributed by atoms with Gasteiger partial charge in [0.15, 0.2) is 0 Å². The van der Waals surface area contributed by atoms with E-state index in [0.29, 0.717) is 16.5 Å². The number of hydrogen-bond donors (Lipinski definition) is 2. The number of aromatic amines is 1. The molecular formula is C11H8FNO2. The number of fused-ring (bicyclic) bond motifs is 1. The summed E-state index contributed by atoms with van der Waals surface area (Å²) in [6, 6.07) is 4.67. The second kappa shape index (κ2) is 3.57. The fourth-order valence-electron chi connectivity index (χ4n) is 1.46. The molecule has 15 heavy (non-hydrogen) atoms. The van der Waals surface area contributed by atoms with Gasteiger partial charge in [0.05, 0.1) is 0 Å². The van der Waals surface area contributed by atoms with E-state index in [-0.39, 0.29) is 5.82 Å². The van der Waals surface area contributed by atoms with Crippen molar-refractivity contribution < 1.29 is 14.3 Å². The molecule has 0 aliphatic carbocycles. The molecule has 3 nitrogen and oxygen atoms in total. The molecule has 1 heterocycles. The van der Waals surface area contributed by atoms with Gasteiger partial charge in [-0.05, 0) is 18.2 Å². The highest BCUT2D eigenvalue weighted by Gasteiger charge is 2.05. The van der Waals surface area contributed by atoms with Gasteiger partial charge in [0.25, 0.3) is 0 Å². The van der Waals surface area contributed by atoms with Crippen LogP contribution in [0.4, 0.5) is 4.39 Å². The van der Waals surface area contributed by atoms with Crippen molar-refractivity contribution in [3.8, 4) is 0 Å². The maximum Gasteiger partial charge on any atom is 0.328 e. The minimum absolute atomic E-state index is 0.362. The van der Waals surface area contributed by atoms with E-state index in [1.807, 2.05) is 0 Å². The molecule has 0 spiro atoms. The second-order valence-corrected chi connectivity index (χ2v) is 3.08. The quantitative estimate of drug-likeness (QED) is 0.739. The molecule has 4 heteroatoms. The first-order chi connectivity index (χ1) is 7.18. The van der Waals surface area contributed by atoms with Crippen LogP contribution in [0.2, 0.25) is 0 Å². The van der Waals surface area contributed by atoms with Gasteiger partial charge in [0, 0.05) is 28.7 Å². The molecule has 2 rings (SSSR count). The van der Waals surface area contributed by atoms with Crippen LogP contribution in [-0.2, 0) is 4.79 Å². The number of carboxylic acids is 1. The number of hydrogen-bond acceptors (Lipinski definition) is 1. The molecule has 0 radical (unpaired) electrons. The van der Waals surface area contributed by atoms with Crippen molar-refractivity contribution in [2.24, 2.45) is 0 Å². The lowest BCUT2D eigenvalue weighted by atomic mass is 10.1. The van der Waals surface area contributed by atoms with Crippen molar-refractivity contribution >= 4 is 22.9 Å². The number of nitrogens with one attached hydrogen (secondary N) is 1. The zero-order valence-corrected chi connectivity index (χ0v) is 7.70. The van der Waals surface area contributed by atoms with Gasteiger partial charge in [0.1, 0.15) is 5.82 Å². The number of rotatable bonds is 2. The third-order valence-electron chi connectivity index (χ3n) is 2.09. The molecule has 2 N–H and O–H groups in total. The van der Waals surface area contributed by atoms with Gasteiger partial charge in [-0.25, -0.2) is 9.18 Å². The molecule has 0 fully saturated rings. The Morgan fingerprint density at radius 2 is 2.27 bits per heavy atom. The molecule has 0 saturated heterocycles. The van der Waals surface area contributed by atoms with Gasteiger partial charge >= 0.3 is 5.97 Å². The lowest BCUT2D eigenvalue weighted by molar-refractivity contribution is -0.131. The van der Waals surface area contributed by atoms with Crippen LogP contribution in [0.5, 0.6) is 0 Å². The third-order valence-corrected chi connectivity index (χ3v) is 2.09. The standard InChI is InChI=1S/C11H8FNO2/c12-8-2-1-3-9-11(8)7(6-13-9)4-5-10(14)15/h1-6,13H,(H,14,15). The van der Waals surface area contributed by atoms with E-state index in [9.17, 15) is 9.18 Å². The van der Waals surface area contributed by atoms with E-state index in [1.54, 1.807) is 18.3 Å². The Labute approximate surface area is 84.8 Å². The summed E-state index contributed by atoms with van der Waals surface area (Å²) in [6.07, 6.45) is 3.92. The van der Waals surface area contributed by atoms with Gasteiger partial charge in [-0.2, -0.15) is 0 Å². The zero-order valence-electron chi connectivity index (χ0n) is 7.70. The average molecular weight is 205 g/mol. The highest BCUT2D eigenvalue weighted by atomic mass is 19.1. The number of aromatic nitrogens is 1. The summed E-state index contributed by atoms with van der Waals surface area (Å²) in [4.78, 5) is 13.2. The first kappa shape index (κ1) is 9.45. The SMILES string of the molecule is O=C(O)C=Cc1c[nH]c2cccc(F)c12. The zero-order chi connectivity index (χ0) is 10.8. The molecule has 0 atom stereocenters. The molecule has 0 bridgehead atoms. The Morgan fingerprint density at radius 3 is 3.00 bits per heavy atom. The Balaban J connectivity index is 2.57. The number of carboxylic acid groups (broad SMARTS) is 1. The smallest absolute Gasteiger partial charge is 0.328 e. The molecule has 0 saturated carbocycles. The first-order valence-electron chi connectivity index (χ1n) is 4.35. The highest BCUT2D eigenvalue weighted by molar-refractivity contribution is 5.93. The van der Waals surface area contributed by atoms with Crippen LogP contribution < -0.4 is 0 Å². The van der Waals surface area contributed by atoms with E-state index >= 15 is 0 Å². The largest absolute Gasteiger partial charge is 0.478 e. The maximum absolute atomic E-state index is 13.4. The summed E-state index contributed by atoms with van der Waals surface area (Å²) < 4.78 is 13.4. The van der Waals surface area contributed by atoms with Crippen LogP contribution in [-0.4, -0.2) is 16.1 Å². The van der Waals surface area contributed by atoms with Crippen LogP contribution in [0, 0.1) is 5.82 Å². The predicted molar refractivity (Wildman–Crippen MR) is 54.9 cm³/mol. The molecule has 1 aromatic heterocycles. The van der Waals surface area contributed by atoms with Crippen molar-refractivity contribution in [2.45, 2.75) is 0 Å². The van der Waals surface area contributed by atoms with Gasteiger partial charge in [0.2, 0.25) is 0 Å². The van der Waals surface area contributed by atoms with Crippen molar-refractivity contribution in [2.75, 3.05) is 0 Å². The van der Waals surface area contributed by atoms with E-state index < -0.39 is 5.97 Å². The molecule has 0 aliphatic rings. The lowest BCUT2D eigenvalue weighted by Crippen LogP contribution is -1.85. The topological polar surface area (TPSA) is 53.1 Å². The summed E-state index contributed by atoms with van der Waals surface area (Å²) in [7, 11) is 0. The molecule has 0 unspecified atom stereocenters. The molecule has 76 valence electrons. The molecular weight excluding hydrogens is 197 g/mol. The normalized spacial score (nSPS) is 11.3. The molecule has 0 aliphatic heterocycles. The van der Waals surface area contributed by atoms with Gasteiger partial charge < -0.3 is 10.1 Å². The first-order valence-corrected chi connectivity index (χ1v) is 4.35. The minimum atomic E-state index is -1.05. The molecule has 2 aromatic rings. The highest BCUT2D eigenvalue weighted by Crippen LogP contribution is 2.22. The minimum Gasteiger partial charge on any atom is -0.478 e. The van der Waals surface area contributed by atoms with Gasteiger partial charge in [-0.15, -0.1) is 0 Å². The number of benzene rings is 1. The second-order valence-electron chi connectivity index (χ2n) is 3.08. The summed E-state index contributed by atoms with van der Waals surface area (Å²) in [5.41, 5.74) is 1.19. The number of H-pyrrole nitrogens is 1. The Hall–Kier alpha value is -2.10. The van der Waals surface area contributed by atoms with Crippen LogP contribution in [0.3, 0.4) is 0 Å². The van der Waals surface area contributed by atoms with Crippen molar-refractivity contribution in [1.29, 1.82) is 0 Å². The number of halogens is 1. The Bertz CT molecular complexity index is 543. The summed E-state index contributed by atoms with van der Waals surface area (Å²) in [6.45, 7) is 0. The monoisotopic (exact) mass is 205 g/mol. The van der Waals surface area contributed by atoms with Crippen molar-refractivity contribution in [1.82, 2.24) is 4.98 Å². The van der Waals surface area contributed by atoms with Gasteiger partial charge in [-0.3, -0.25) is 0 Å². The average Bonchev–Trinajstić information content (AvgIpc) is 2.59. The van der Waals surface area contributed by atoms with Crippen LogP contribution in [0.15, 0.2) is 30.5 Å². The van der Waals surface area contributed by atoms with E-state index in [1.165, 1.54) is 12.1 Å². The van der Waals surface area contributed by atoms with E-state index in [0.717, 1.165) is 6.08 Å². The third kappa shape index (κ3) is 1.74. The Kier molecular flexibility index (Phi) is 2.25. The summed E-state index contributed by atoms with van der Waals surface area (Å²) >= 11 is 0. The van der Waals surface area contributed by atoms with E-state index in [4.69, 9.17) is 5.11 Å². The van der Waals surface area contributed by atoms with Crippen LogP contribution in [0.25, 0.3) is 17.0 Å². The van der Waals surface area contributed by atoms with Crippen molar-refractivity contribution in [3.63, 3.8) is 0 Å².